The van der Waals surface area contributed by atoms with E-state index in [1.165, 1.54) is 18.2 Å². The first-order chi connectivity index (χ1) is 9.58. The van der Waals surface area contributed by atoms with Crippen molar-refractivity contribution in [2.45, 2.75) is 6.42 Å². The van der Waals surface area contributed by atoms with Gasteiger partial charge in [0.15, 0.2) is 11.5 Å². The highest BCUT2D eigenvalue weighted by Crippen LogP contribution is 2.25. The summed E-state index contributed by atoms with van der Waals surface area (Å²) in [5.41, 5.74) is 0.586. The molecule has 2 rings (SSSR count). The Balaban J connectivity index is 1.92. The maximum atomic E-state index is 13.3. The second-order valence-electron chi connectivity index (χ2n) is 4.18. The van der Waals surface area contributed by atoms with Crippen molar-refractivity contribution in [1.82, 2.24) is 0 Å². The van der Waals surface area contributed by atoms with Gasteiger partial charge in [0.2, 0.25) is 0 Å². The van der Waals surface area contributed by atoms with Crippen molar-refractivity contribution in [3.8, 4) is 11.5 Å². The Bertz CT molecular complexity index is 625. The van der Waals surface area contributed by atoms with Crippen LogP contribution in [0.25, 0.3) is 0 Å². The fraction of sp³-hybridized carbons (Fsp3) is 0.133. The molecule has 0 saturated heterocycles. The first-order valence-electron chi connectivity index (χ1n) is 6.00. The van der Waals surface area contributed by atoms with Crippen molar-refractivity contribution in [3.63, 3.8) is 0 Å². The second kappa shape index (κ2) is 6.06. The van der Waals surface area contributed by atoms with E-state index < -0.39 is 11.7 Å². The van der Waals surface area contributed by atoms with E-state index in [1.54, 1.807) is 18.2 Å². The summed E-state index contributed by atoms with van der Waals surface area (Å²) in [4.78, 5) is 11.7. The molecule has 20 heavy (non-hydrogen) atoms. The molecule has 0 aliphatic heterocycles. The largest absolute Gasteiger partial charge is 0.504 e. The quantitative estimate of drug-likeness (QED) is 0.665. The molecule has 0 aromatic heterocycles. The van der Waals surface area contributed by atoms with Gasteiger partial charge in [0, 0.05) is 6.42 Å². The van der Waals surface area contributed by atoms with Crippen molar-refractivity contribution in [2.75, 3.05) is 6.61 Å². The molecule has 0 aliphatic carbocycles. The van der Waals surface area contributed by atoms with E-state index in [2.05, 4.69) is 0 Å². The number of hydrogen-bond acceptors (Lipinski definition) is 4. The van der Waals surface area contributed by atoms with Gasteiger partial charge in [0.05, 0.1) is 12.2 Å². The van der Waals surface area contributed by atoms with Crippen molar-refractivity contribution in [3.05, 3.63) is 59.4 Å². The molecule has 0 fully saturated rings. The molecule has 0 bridgehead atoms. The summed E-state index contributed by atoms with van der Waals surface area (Å²) in [7, 11) is 0. The molecule has 0 unspecified atom stereocenters. The third kappa shape index (κ3) is 3.26. The van der Waals surface area contributed by atoms with Crippen LogP contribution in [0.1, 0.15) is 15.9 Å². The molecule has 0 spiro atoms. The fourth-order valence-corrected chi connectivity index (χ4v) is 1.69. The zero-order valence-corrected chi connectivity index (χ0v) is 10.5. The van der Waals surface area contributed by atoms with Gasteiger partial charge in [0.1, 0.15) is 5.82 Å². The molecule has 2 aromatic carbocycles. The van der Waals surface area contributed by atoms with Crippen LogP contribution in [-0.2, 0) is 11.2 Å². The van der Waals surface area contributed by atoms with E-state index in [0.29, 0.717) is 5.56 Å². The van der Waals surface area contributed by atoms with E-state index in [1.807, 2.05) is 0 Å². The Morgan fingerprint density at radius 2 is 1.85 bits per heavy atom. The van der Waals surface area contributed by atoms with Crippen LogP contribution >= 0.6 is 0 Å². The number of carbonyl (C=O) groups excluding carboxylic acids is 1. The summed E-state index contributed by atoms with van der Waals surface area (Å²) in [5, 5.41) is 18.4. The zero-order valence-electron chi connectivity index (χ0n) is 10.5. The van der Waals surface area contributed by atoms with Gasteiger partial charge < -0.3 is 14.9 Å². The molecule has 0 amide bonds. The third-order valence-corrected chi connectivity index (χ3v) is 2.77. The topological polar surface area (TPSA) is 66.8 Å². The molecule has 0 aliphatic rings. The SMILES string of the molecule is O=C(OCCc1ccccc1F)c1ccc(O)c(O)c1. The molecule has 0 atom stereocenters. The first-order valence-corrected chi connectivity index (χ1v) is 6.00. The normalized spacial score (nSPS) is 10.2. The van der Waals surface area contributed by atoms with E-state index in [9.17, 15) is 14.3 Å². The van der Waals surface area contributed by atoms with E-state index in [4.69, 9.17) is 9.84 Å². The highest BCUT2D eigenvalue weighted by atomic mass is 19.1. The van der Waals surface area contributed by atoms with Gasteiger partial charge in [-0.05, 0) is 29.8 Å². The molecular formula is C15H13FO4. The number of benzene rings is 2. The standard InChI is InChI=1S/C15H13FO4/c16-12-4-2-1-3-10(12)7-8-20-15(19)11-5-6-13(17)14(18)9-11/h1-6,9,17-18H,7-8H2. The predicted molar refractivity (Wildman–Crippen MR) is 70.2 cm³/mol. The van der Waals surface area contributed by atoms with Crippen LogP contribution < -0.4 is 0 Å². The van der Waals surface area contributed by atoms with Gasteiger partial charge in [-0.15, -0.1) is 0 Å². The molecule has 0 heterocycles. The Morgan fingerprint density at radius 1 is 1.10 bits per heavy atom. The number of ether oxygens (including phenoxy) is 1. The van der Waals surface area contributed by atoms with Crippen LogP contribution in [0.15, 0.2) is 42.5 Å². The molecule has 4 nitrogen and oxygen atoms in total. The highest BCUT2D eigenvalue weighted by molar-refractivity contribution is 5.90. The molecular weight excluding hydrogens is 263 g/mol. The number of esters is 1. The maximum absolute atomic E-state index is 13.3. The lowest BCUT2D eigenvalue weighted by molar-refractivity contribution is 0.0508. The summed E-state index contributed by atoms with van der Waals surface area (Å²) in [5.74, 6) is -1.69. The van der Waals surface area contributed by atoms with Gasteiger partial charge >= 0.3 is 5.97 Å². The molecule has 0 saturated carbocycles. The number of halogens is 1. The van der Waals surface area contributed by atoms with Gasteiger partial charge in [0.25, 0.3) is 0 Å². The minimum absolute atomic E-state index is 0.0292. The number of aromatic hydroxyl groups is 2. The van der Waals surface area contributed by atoms with Crippen molar-refractivity contribution >= 4 is 5.97 Å². The average molecular weight is 276 g/mol. The van der Waals surface area contributed by atoms with E-state index >= 15 is 0 Å². The van der Waals surface area contributed by atoms with Gasteiger partial charge in [-0.2, -0.15) is 0 Å². The number of phenolic OH excluding ortho intramolecular Hbond substituents is 2. The summed E-state index contributed by atoms with van der Waals surface area (Å²) < 4.78 is 18.3. The molecule has 104 valence electrons. The number of hydrogen-bond donors (Lipinski definition) is 2. The smallest absolute Gasteiger partial charge is 0.338 e. The second-order valence-corrected chi connectivity index (χ2v) is 4.18. The molecule has 5 heteroatoms. The summed E-state index contributed by atoms with van der Waals surface area (Å²) >= 11 is 0. The summed E-state index contributed by atoms with van der Waals surface area (Å²) in [6.07, 6.45) is 0.266. The molecule has 2 N–H and O–H groups in total. The van der Waals surface area contributed by atoms with E-state index in [0.717, 1.165) is 6.07 Å². The fourth-order valence-electron chi connectivity index (χ4n) is 1.69. The Hall–Kier alpha value is -2.56. The van der Waals surface area contributed by atoms with Crippen LogP contribution in [0.2, 0.25) is 0 Å². The average Bonchev–Trinajstić information content (AvgIpc) is 2.44. The predicted octanol–water partition coefficient (Wildman–Crippen LogP) is 2.64. The van der Waals surface area contributed by atoms with Crippen LogP contribution in [0, 0.1) is 5.82 Å². The first kappa shape index (κ1) is 13.9. The minimum atomic E-state index is -0.642. The monoisotopic (exact) mass is 276 g/mol. The Labute approximate surface area is 115 Å². The third-order valence-electron chi connectivity index (χ3n) is 2.77. The lowest BCUT2D eigenvalue weighted by Crippen LogP contribution is -2.08. The van der Waals surface area contributed by atoms with Gasteiger partial charge in [-0.25, -0.2) is 9.18 Å². The van der Waals surface area contributed by atoms with Crippen LogP contribution in [0.3, 0.4) is 0 Å². The maximum Gasteiger partial charge on any atom is 0.338 e. The summed E-state index contributed by atoms with van der Waals surface area (Å²) in [6.45, 7) is 0.0292. The lowest BCUT2D eigenvalue weighted by Gasteiger charge is -2.06. The van der Waals surface area contributed by atoms with Crippen LogP contribution in [0.4, 0.5) is 4.39 Å². The van der Waals surface area contributed by atoms with Gasteiger partial charge in [-0.1, -0.05) is 18.2 Å². The van der Waals surface area contributed by atoms with Crippen molar-refractivity contribution in [2.24, 2.45) is 0 Å². The zero-order chi connectivity index (χ0) is 14.5. The number of rotatable bonds is 4. The van der Waals surface area contributed by atoms with Crippen molar-refractivity contribution < 1.29 is 24.1 Å². The highest BCUT2D eigenvalue weighted by Gasteiger charge is 2.10. The Kier molecular flexibility index (Phi) is 4.20. The molecule has 0 radical (unpaired) electrons. The number of carbonyl (C=O) groups is 1. The van der Waals surface area contributed by atoms with Gasteiger partial charge in [-0.3, -0.25) is 0 Å². The van der Waals surface area contributed by atoms with Crippen molar-refractivity contribution in [1.29, 1.82) is 0 Å². The minimum Gasteiger partial charge on any atom is -0.504 e. The van der Waals surface area contributed by atoms with E-state index in [-0.39, 0.29) is 30.2 Å². The van der Waals surface area contributed by atoms with Crippen LogP contribution in [-0.4, -0.2) is 22.8 Å². The lowest BCUT2D eigenvalue weighted by atomic mass is 10.1. The number of phenols is 2. The van der Waals surface area contributed by atoms with Crippen LogP contribution in [0.5, 0.6) is 11.5 Å². The summed E-state index contributed by atoms with van der Waals surface area (Å²) in [6, 6.07) is 9.90. The Morgan fingerprint density at radius 3 is 2.55 bits per heavy atom. The molecule has 2 aromatic rings.